The van der Waals surface area contributed by atoms with Crippen LogP contribution in [-0.2, 0) is 11.2 Å². The highest BCUT2D eigenvalue weighted by molar-refractivity contribution is 6.30. The minimum atomic E-state index is -0.458. The standard InChI is InChI=1S/C26H25ClN2O3/c27-24-14-10-20(11-15-24)7-6-19-8-12-22(13-9-19)25(30)28-17-16-23(26(31)29-32)18-21-4-2-1-3-5-21/h1-15,23,32H,16-18H2,(H,28,30)(H,29,31). The molecular weight excluding hydrogens is 424 g/mol. The van der Waals surface area contributed by atoms with E-state index in [4.69, 9.17) is 16.8 Å². The van der Waals surface area contributed by atoms with Crippen molar-refractivity contribution in [2.45, 2.75) is 12.8 Å². The van der Waals surface area contributed by atoms with Gasteiger partial charge in [0.2, 0.25) is 5.91 Å². The number of hydroxylamine groups is 1. The van der Waals surface area contributed by atoms with Crippen LogP contribution in [0, 0.1) is 5.92 Å². The highest BCUT2D eigenvalue weighted by atomic mass is 35.5. The molecule has 0 bridgehead atoms. The summed E-state index contributed by atoms with van der Waals surface area (Å²) in [6, 6.07) is 24.4. The maximum atomic E-state index is 12.5. The largest absolute Gasteiger partial charge is 0.352 e. The van der Waals surface area contributed by atoms with Crippen LogP contribution in [0.2, 0.25) is 5.02 Å². The summed E-state index contributed by atoms with van der Waals surface area (Å²) in [5.74, 6) is -1.11. The lowest BCUT2D eigenvalue weighted by molar-refractivity contribution is -0.133. The van der Waals surface area contributed by atoms with E-state index in [2.05, 4.69) is 5.32 Å². The molecule has 0 aliphatic rings. The van der Waals surface area contributed by atoms with Gasteiger partial charge >= 0.3 is 0 Å². The van der Waals surface area contributed by atoms with Crippen molar-refractivity contribution in [2.24, 2.45) is 5.92 Å². The number of halogens is 1. The zero-order chi connectivity index (χ0) is 22.8. The highest BCUT2D eigenvalue weighted by Gasteiger charge is 2.18. The Kier molecular flexibility index (Phi) is 8.61. The molecule has 3 rings (SSSR count). The maximum Gasteiger partial charge on any atom is 0.251 e. The normalized spacial score (nSPS) is 11.8. The quantitative estimate of drug-likeness (QED) is 0.245. The van der Waals surface area contributed by atoms with E-state index in [0.717, 1.165) is 16.7 Å². The van der Waals surface area contributed by atoms with Crippen molar-refractivity contribution in [1.29, 1.82) is 0 Å². The molecule has 0 aliphatic heterocycles. The molecule has 0 aliphatic carbocycles. The Morgan fingerprint density at radius 3 is 2.06 bits per heavy atom. The van der Waals surface area contributed by atoms with Crippen LogP contribution in [0.1, 0.15) is 33.5 Å². The summed E-state index contributed by atoms with van der Waals surface area (Å²) in [5, 5.41) is 12.6. The summed E-state index contributed by atoms with van der Waals surface area (Å²) in [6.07, 6.45) is 4.84. The van der Waals surface area contributed by atoms with Crippen molar-refractivity contribution < 1.29 is 14.8 Å². The van der Waals surface area contributed by atoms with Crippen LogP contribution in [0.25, 0.3) is 12.2 Å². The number of amides is 2. The number of hydrogen-bond donors (Lipinski definition) is 3. The van der Waals surface area contributed by atoms with Gasteiger partial charge in [-0.25, -0.2) is 5.48 Å². The first kappa shape index (κ1) is 23.3. The molecule has 5 nitrogen and oxygen atoms in total. The second kappa shape index (κ2) is 11.8. The highest BCUT2D eigenvalue weighted by Crippen LogP contribution is 2.14. The van der Waals surface area contributed by atoms with Crippen LogP contribution in [0.4, 0.5) is 0 Å². The number of benzene rings is 3. The van der Waals surface area contributed by atoms with E-state index in [0.29, 0.717) is 30.0 Å². The molecule has 0 saturated heterocycles. The predicted octanol–water partition coefficient (Wildman–Crippen LogP) is 4.99. The Bertz CT molecular complexity index is 1050. The van der Waals surface area contributed by atoms with E-state index in [1.54, 1.807) is 17.6 Å². The van der Waals surface area contributed by atoms with Crippen LogP contribution < -0.4 is 10.8 Å². The maximum absolute atomic E-state index is 12.5. The minimum Gasteiger partial charge on any atom is -0.352 e. The first-order valence-corrected chi connectivity index (χ1v) is 10.7. The molecule has 3 N–H and O–H groups in total. The van der Waals surface area contributed by atoms with Crippen LogP contribution >= 0.6 is 11.6 Å². The Morgan fingerprint density at radius 2 is 1.47 bits per heavy atom. The molecule has 0 spiro atoms. The van der Waals surface area contributed by atoms with Crippen molar-refractivity contribution in [3.8, 4) is 0 Å². The number of hydrogen-bond acceptors (Lipinski definition) is 3. The fourth-order valence-electron chi connectivity index (χ4n) is 3.29. The van der Waals surface area contributed by atoms with Gasteiger partial charge in [0, 0.05) is 23.0 Å². The second-order valence-corrected chi connectivity index (χ2v) is 7.85. The van der Waals surface area contributed by atoms with Gasteiger partial charge in [-0.05, 0) is 53.8 Å². The average molecular weight is 449 g/mol. The van der Waals surface area contributed by atoms with E-state index in [-0.39, 0.29) is 5.91 Å². The Hall–Kier alpha value is -3.41. The third-order valence-corrected chi connectivity index (χ3v) is 5.35. The summed E-state index contributed by atoms with van der Waals surface area (Å²) < 4.78 is 0. The van der Waals surface area contributed by atoms with Crippen LogP contribution in [0.15, 0.2) is 78.9 Å². The smallest absolute Gasteiger partial charge is 0.251 e. The topological polar surface area (TPSA) is 78.4 Å². The predicted molar refractivity (Wildman–Crippen MR) is 127 cm³/mol. The molecule has 1 atom stereocenters. The van der Waals surface area contributed by atoms with Gasteiger partial charge in [0.25, 0.3) is 5.91 Å². The second-order valence-electron chi connectivity index (χ2n) is 7.41. The molecule has 3 aromatic carbocycles. The average Bonchev–Trinajstić information content (AvgIpc) is 2.83. The van der Waals surface area contributed by atoms with E-state index >= 15 is 0 Å². The van der Waals surface area contributed by atoms with Crippen LogP contribution in [0.5, 0.6) is 0 Å². The Labute approximate surface area is 192 Å². The molecule has 164 valence electrons. The molecule has 0 heterocycles. The van der Waals surface area contributed by atoms with Crippen molar-refractivity contribution >= 4 is 35.6 Å². The summed E-state index contributed by atoms with van der Waals surface area (Å²) in [7, 11) is 0. The monoisotopic (exact) mass is 448 g/mol. The van der Waals surface area contributed by atoms with E-state index in [1.807, 2.05) is 78.9 Å². The van der Waals surface area contributed by atoms with Crippen molar-refractivity contribution in [3.63, 3.8) is 0 Å². The van der Waals surface area contributed by atoms with Gasteiger partial charge in [-0.1, -0.05) is 78.4 Å². The van der Waals surface area contributed by atoms with E-state index < -0.39 is 11.8 Å². The lowest BCUT2D eigenvalue weighted by Crippen LogP contribution is -2.33. The third-order valence-electron chi connectivity index (χ3n) is 5.10. The number of carbonyl (C=O) groups is 2. The zero-order valence-corrected chi connectivity index (χ0v) is 18.3. The van der Waals surface area contributed by atoms with Gasteiger partial charge in [0.05, 0.1) is 0 Å². The number of nitrogens with one attached hydrogen (secondary N) is 2. The number of rotatable bonds is 9. The molecule has 0 aromatic heterocycles. The third kappa shape index (κ3) is 7.08. The molecule has 2 amide bonds. The molecular formula is C26H25ClN2O3. The SMILES string of the molecule is O=C(NCCC(Cc1ccccc1)C(=O)NO)c1ccc(C=Cc2ccc(Cl)cc2)cc1. The van der Waals surface area contributed by atoms with Crippen LogP contribution in [0.3, 0.4) is 0 Å². The lowest BCUT2D eigenvalue weighted by atomic mass is 9.95. The summed E-state index contributed by atoms with van der Waals surface area (Å²) in [5.41, 5.74) is 5.27. The number of carbonyl (C=O) groups excluding carboxylic acids is 2. The Balaban J connectivity index is 1.52. The van der Waals surface area contributed by atoms with E-state index in [1.165, 1.54) is 0 Å². The van der Waals surface area contributed by atoms with Gasteiger partial charge in [-0.3, -0.25) is 14.8 Å². The molecule has 0 radical (unpaired) electrons. The molecule has 3 aromatic rings. The first-order valence-electron chi connectivity index (χ1n) is 10.3. The van der Waals surface area contributed by atoms with Crippen molar-refractivity contribution in [2.75, 3.05) is 6.54 Å². The first-order chi connectivity index (χ1) is 15.5. The van der Waals surface area contributed by atoms with E-state index in [9.17, 15) is 9.59 Å². The summed E-state index contributed by atoms with van der Waals surface area (Å²) in [4.78, 5) is 24.4. The van der Waals surface area contributed by atoms with Gasteiger partial charge in [0.1, 0.15) is 0 Å². The van der Waals surface area contributed by atoms with Gasteiger partial charge in [-0.15, -0.1) is 0 Å². The molecule has 1 unspecified atom stereocenters. The molecule has 32 heavy (non-hydrogen) atoms. The molecule has 0 saturated carbocycles. The fourth-order valence-corrected chi connectivity index (χ4v) is 3.42. The summed E-state index contributed by atoms with van der Waals surface area (Å²) in [6.45, 7) is 0.321. The van der Waals surface area contributed by atoms with Crippen LogP contribution in [-0.4, -0.2) is 23.6 Å². The summed E-state index contributed by atoms with van der Waals surface area (Å²) >= 11 is 5.90. The van der Waals surface area contributed by atoms with Gasteiger partial charge in [0.15, 0.2) is 0 Å². The zero-order valence-electron chi connectivity index (χ0n) is 17.5. The lowest BCUT2D eigenvalue weighted by Gasteiger charge is -2.15. The molecule has 0 fully saturated rings. The molecule has 6 heteroatoms. The van der Waals surface area contributed by atoms with Crippen molar-refractivity contribution in [1.82, 2.24) is 10.8 Å². The van der Waals surface area contributed by atoms with Gasteiger partial charge in [-0.2, -0.15) is 0 Å². The minimum absolute atomic E-state index is 0.207. The Morgan fingerprint density at radius 1 is 0.875 bits per heavy atom. The fraction of sp³-hybridized carbons (Fsp3) is 0.154. The van der Waals surface area contributed by atoms with Gasteiger partial charge < -0.3 is 5.32 Å². The van der Waals surface area contributed by atoms with Crippen molar-refractivity contribution in [3.05, 3.63) is 106 Å².